The number of halogens is 4. The molecule has 0 aliphatic heterocycles. The third-order valence-corrected chi connectivity index (χ3v) is 4.79. The molecule has 33 heavy (non-hydrogen) atoms. The van der Waals surface area contributed by atoms with Gasteiger partial charge in [-0.3, -0.25) is 19.1 Å². The van der Waals surface area contributed by atoms with Gasteiger partial charge in [-0.1, -0.05) is 22.4 Å². The fourth-order valence-corrected chi connectivity index (χ4v) is 3.09. The van der Waals surface area contributed by atoms with E-state index in [1.807, 2.05) is 0 Å². The van der Waals surface area contributed by atoms with E-state index in [0.29, 0.717) is 16.8 Å². The van der Waals surface area contributed by atoms with E-state index < -0.39 is 46.1 Å². The Labute approximate surface area is 187 Å². The number of aromatic hydroxyl groups is 2. The first-order valence-corrected chi connectivity index (χ1v) is 9.21. The minimum atomic E-state index is -4.64. The number of phenolic OH excluding ortho intramolecular Hbond substituents is 1. The molecule has 0 radical (unpaired) electrons. The molecule has 2 heterocycles. The van der Waals surface area contributed by atoms with E-state index in [4.69, 9.17) is 11.6 Å². The summed E-state index contributed by atoms with van der Waals surface area (Å²) in [6, 6.07) is 4.22. The Balaban J connectivity index is 1.96. The van der Waals surface area contributed by atoms with Gasteiger partial charge < -0.3 is 20.4 Å². The van der Waals surface area contributed by atoms with Crippen molar-refractivity contribution in [3.8, 4) is 22.9 Å². The topological polar surface area (TPSA) is 136 Å². The average molecular weight is 487 g/mol. The number of nitrogens with one attached hydrogen (secondary N) is 1. The Morgan fingerprint density at radius 1 is 1.21 bits per heavy atom. The van der Waals surface area contributed by atoms with Crippen LogP contribution in [0.3, 0.4) is 0 Å². The smallest absolute Gasteiger partial charge is 0.417 e. The van der Waals surface area contributed by atoms with E-state index >= 15 is 0 Å². The molecule has 174 valence electrons. The highest BCUT2D eigenvalue weighted by molar-refractivity contribution is 6.33. The van der Waals surface area contributed by atoms with Crippen LogP contribution in [-0.4, -0.2) is 37.5 Å². The van der Waals surface area contributed by atoms with Crippen molar-refractivity contribution in [2.45, 2.75) is 6.18 Å². The van der Waals surface area contributed by atoms with E-state index in [2.05, 4.69) is 15.1 Å². The van der Waals surface area contributed by atoms with Gasteiger partial charge in [0.2, 0.25) is 5.88 Å². The normalized spacial score (nSPS) is 11.3. The molecule has 1 aromatic carbocycles. The Kier molecular flexibility index (Phi) is 6.09. The first kappa shape index (κ1) is 23.7. The van der Waals surface area contributed by atoms with Crippen molar-refractivity contribution in [1.82, 2.24) is 14.3 Å². The largest absolute Gasteiger partial charge is 0.506 e. The molecule has 1 amide bonds. The van der Waals surface area contributed by atoms with Crippen molar-refractivity contribution >= 4 is 23.2 Å². The maximum atomic E-state index is 12.8. The van der Waals surface area contributed by atoms with Crippen LogP contribution in [-0.2, 0) is 13.2 Å². The molecule has 0 aliphatic carbocycles. The van der Waals surface area contributed by atoms with Gasteiger partial charge in [-0.15, -0.1) is 0 Å². The number of nitrogens with zero attached hydrogens (tertiary/aromatic N) is 3. The number of benzene rings is 1. The average Bonchev–Trinajstić information content (AvgIpc) is 2.73. The number of phenols is 1. The molecule has 10 nitrogen and oxygen atoms in total. The molecule has 0 aliphatic rings. The summed E-state index contributed by atoms with van der Waals surface area (Å²) in [5, 5.41) is 22.2. The van der Waals surface area contributed by atoms with Crippen LogP contribution in [0.15, 0.2) is 40.1 Å². The van der Waals surface area contributed by atoms with Crippen LogP contribution in [0.1, 0.15) is 15.9 Å². The summed E-state index contributed by atoms with van der Waals surface area (Å²) < 4.78 is 39.2. The summed E-state index contributed by atoms with van der Waals surface area (Å²) in [5.74, 6) is -2.66. The highest BCUT2D eigenvalue weighted by Crippen LogP contribution is 2.36. The van der Waals surface area contributed by atoms with Crippen LogP contribution in [0.4, 0.5) is 18.9 Å². The van der Waals surface area contributed by atoms with Crippen molar-refractivity contribution in [3.63, 3.8) is 0 Å². The fourth-order valence-electron chi connectivity index (χ4n) is 2.81. The zero-order valence-electron chi connectivity index (χ0n) is 16.8. The molecule has 0 bridgehead atoms. The molecule has 0 atom stereocenters. The molecule has 0 saturated heterocycles. The van der Waals surface area contributed by atoms with Crippen LogP contribution < -0.4 is 21.4 Å². The number of hydrogen-bond acceptors (Lipinski definition) is 7. The van der Waals surface area contributed by atoms with Gasteiger partial charge in [0.25, 0.3) is 5.91 Å². The number of anilines is 1. The second-order valence-electron chi connectivity index (χ2n) is 6.56. The standard InChI is InChI=1S/C19H14ClF3N4O6/c1-26-16(30)13(17(31)27(33-2)18(26)32)15(29)25-11-4-3-8(5-12(11)28)14-10(20)6-9(7-24-14)19(21,22)23/h3-7,28,30H,1-2H3,(H,25,29). The number of pyridine rings is 1. The first-order valence-electron chi connectivity index (χ1n) is 8.83. The Bertz CT molecular complexity index is 1380. The third-order valence-electron chi connectivity index (χ3n) is 4.50. The minimum Gasteiger partial charge on any atom is -0.506 e. The number of rotatable bonds is 4. The molecule has 0 unspecified atom stereocenters. The van der Waals surface area contributed by atoms with E-state index in [1.54, 1.807) is 0 Å². The number of carbonyl (C=O) groups is 1. The van der Waals surface area contributed by atoms with E-state index in [0.717, 1.165) is 20.2 Å². The van der Waals surface area contributed by atoms with Crippen molar-refractivity contribution in [1.29, 1.82) is 0 Å². The number of hydrogen-bond donors (Lipinski definition) is 3. The second kappa shape index (κ2) is 8.50. The number of carbonyl (C=O) groups excluding carboxylic acids is 1. The van der Waals surface area contributed by atoms with E-state index in [9.17, 15) is 37.8 Å². The van der Waals surface area contributed by atoms with E-state index in [-0.39, 0.29) is 26.7 Å². The summed E-state index contributed by atoms with van der Waals surface area (Å²) >= 11 is 5.90. The van der Waals surface area contributed by atoms with Crippen molar-refractivity contribution in [2.75, 3.05) is 12.4 Å². The maximum Gasteiger partial charge on any atom is 0.417 e. The van der Waals surface area contributed by atoms with Gasteiger partial charge in [0.05, 0.1) is 22.0 Å². The van der Waals surface area contributed by atoms with Crippen molar-refractivity contribution < 1.29 is 33.0 Å². The van der Waals surface area contributed by atoms with Crippen molar-refractivity contribution in [2.24, 2.45) is 7.05 Å². The van der Waals surface area contributed by atoms with Crippen LogP contribution in [0, 0.1) is 0 Å². The lowest BCUT2D eigenvalue weighted by molar-refractivity contribution is -0.137. The third kappa shape index (κ3) is 4.35. The Morgan fingerprint density at radius 3 is 2.42 bits per heavy atom. The molecular formula is C19H14ClF3N4O6. The lowest BCUT2D eigenvalue weighted by Gasteiger charge is -2.13. The van der Waals surface area contributed by atoms with Gasteiger partial charge in [0.15, 0.2) is 5.56 Å². The first-order chi connectivity index (χ1) is 15.4. The molecule has 0 saturated carbocycles. The molecule has 0 spiro atoms. The molecule has 2 aromatic heterocycles. The lowest BCUT2D eigenvalue weighted by Crippen LogP contribution is -2.45. The fraction of sp³-hybridized carbons (Fsp3) is 0.158. The van der Waals surface area contributed by atoms with Gasteiger partial charge in [-0.05, 0) is 18.2 Å². The summed E-state index contributed by atoms with van der Waals surface area (Å²) in [6.07, 6.45) is -4.06. The predicted octanol–water partition coefficient (Wildman–Crippen LogP) is 2.00. The molecule has 3 rings (SSSR count). The zero-order valence-corrected chi connectivity index (χ0v) is 17.5. The molecule has 3 aromatic rings. The monoisotopic (exact) mass is 486 g/mol. The van der Waals surface area contributed by atoms with Gasteiger partial charge in [0.1, 0.15) is 12.9 Å². The lowest BCUT2D eigenvalue weighted by atomic mass is 10.1. The summed E-state index contributed by atoms with van der Waals surface area (Å²) in [6.45, 7) is 0. The van der Waals surface area contributed by atoms with Gasteiger partial charge in [-0.2, -0.15) is 13.2 Å². The van der Waals surface area contributed by atoms with Gasteiger partial charge in [-0.25, -0.2) is 4.79 Å². The van der Waals surface area contributed by atoms with Gasteiger partial charge >= 0.3 is 17.4 Å². The van der Waals surface area contributed by atoms with Gasteiger partial charge in [0, 0.05) is 18.8 Å². The van der Waals surface area contributed by atoms with Crippen molar-refractivity contribution in [3.05, 3.63) is 67.4 Å². The van der Waals surface area contributed by atoms with Crippen LogP contribution in [0.25, 0.3) is 11.3 Å². The van der Waals surface area contributed by atoms with E-state index in [1.165, 1.54) is 12.1 Å². The Hall–Kier alpha value is -4.00. The summed E-state index contributed by atoms with van der Waals surface area (Å²) in [7, 11) is 2.10. The number of aromatic nitrogens is 3. The Morgan fingerprint density at radius 2 is 1.88 bits per heavy atom. The molecule has 3 N–H and O–H groups in total. The molecular weight excluding hydrogens is 473 g/mol. The SMILES string of the molecule is COn1c(=O)c(C(=O)Nc2ccc(-c3ncc(C(F)(F)F)cc3Cl)cc2O)c(O)n(C)c1=O. The highest BCUT2D eigenvalue weighted by Gasteiger charge is 2.32. The predicted molar refractivity (Wildman–Crippen MR) is 109 cm³/mol. The quantitative estimate of drug-likeness (QED) is 0.480. The summed E-state index contributed by atoms with van der Waals surface area (Å²) in [4.78, 5) is 45.1. The second-order valence-corrected chi connectivity index (χ2v) is 6.97. The zero-order chi connectivity index (χ0) is 24.7. The van der Waals surface area contributed by atoms with Crippen LogP contribution in [0.2, 0.25) is 5.02 Å². The summed E-state index contributed by atoms with van der Waals surface area (Å²) in [5.41, 5.74) is -4.31. The minimum absolute atomic E-state index is 0.0588. The number of amides is 1. The highest BCUT2D eigenvalue weighted by atomic mass is 35.5. The molecule has 0 fully saturated rings. The molecule has 14 heteroatoms. The van der Waals surface area contributed by atoms with Crippen LogP contribution >= 0.6 is 11.6 Å². The van der Waals surface area contributed by atoms with Crippen LogP contribution in [0.5, 0.6) is 11.6 Å². The number of alkyl halides is 3. The maximum absolute atomic E-state index is 12.8.